The van der Waals surface area contributed by atoms with Crippen LogP contribution < -0.4 is 5.32 Å². The lowest BCUT2D eigenvalue weighted by Crippen LogP contribution is -2.16. The van der Waals surface area contributed by atoms with Gasteiger partial charge in [0.05, 0.1) is 5.56 Å². The number of carbonyl (C=O) groups excluding carboxylic acids is 1. The third kappa shape index (κ3) is 3.66. The number of aromatic nitrogens is 2. The second kappa shape index (κ2) is 6.94. The van der Waals surface area contributed by atoms with Crippen molar-refractivity contribution < 1.29 is 40.1 Å². The highest BCUT2D eigenvalue weighted by Gasteiger charge is 2.31. The van der Waals surface area contributed by atoms with E-state index in [4.69, 9.17) is 0 Å². The molecule has 1 amide bonds. The first-order chi connectivity index (χ1) is 13.1. The number of halogens is 7. The highest BCUT2D eigenvalue weighted by molar-refractivity contribution is 6.02. The van der Waals surface area contributed by atoms with E-state index in [-0.39, 0.29) is 11.3 Å². The van der Waals surface area contributed by atoms with Crippen molar-refractivity contribution in [3.8, 4) is 11.3 Å². The monoisotopic (exact) mass is 405 g/mol. The Morgan fingerprint density at radius 3 is 2.25 bits per heavy atom. The van der Waals surface area contributed by atoms with Crippen molar-refractivity contribution in [3.05, 3.63) is 65.2 Å². The van der Waals surface area contributed by atoms with E-state index >= 15 is 0 Å². The summed E-state index contributed by atoms with van der Waals surface area (Å²) in [4.78, 5) is 14.3. The number of pyridine rings is 1. The summed E-state index contributed by atoms with van der Waals surface area (Å²) in [5, 5.41) is 4.96. The SMILES string of the molecule is O=C(Nc1c(F)c(F)nc(F)c1F)c1cc(-c2cccc(C(F)(F)F)c2)no1. The van der Waals surface area contributed by atoms with Crippen molar-refractivity contribution >= 4 is 11.6 Å². The maximum atomic E-state index is 13.5. The quantitative estimate of drug-likeness (QED) is 0.512. The van der Waals surface area contributed by atoms with Gasteiger partial charge in [0, 0.05) is 11.6 Å². The average Bonchev–Trinajstić information content (AvgIpc) is 3.13. The van der Waals surface area contributed by atoms with Gasteiger partial charge in [-0.3, -0.25) is 4.79 Å². The van der Waals surface area contributed by atoms with Crippen molar-refractivity contribution in [3.63, 3.8) is 0 Å². The fourth-order valence-electron chi connectivity index (χ4n) is 2.14. The molecule has 0 radical (unpaired) electrons. The van der Waals surface area contributed by atoms with Crippen LogP contribution in [0.25, 0.3) is 11.3 Å². The molecular formula is C16H6F7N3O2. The lowest BCUT2D eigenvalue weighted by Gasteiger charge is -2.07. The standard InChI is InChI=1S/C16H6F7N3O2/c17-10-12(11(18)14(20)25-13(10)19)24-15(27)9-5-8(26-28-9)6-2-1-3-7(4-6)16(21,22)23/h1-5H,(H,24,25,27). The number of nitrogens with one attached hydrogen (secondary N) is 1. The maximum Gasteiger partial charge on any atom is 0.416 e. The van der Waals surface area contributed by atoms with E-state index in [9.17, 15) is 35.5 Å². The van der Waals surface area contributed by atoms with Gasteiger partial charge < -0.3 is 9.84 Å². The number of benzene rings is 1. The van der Waals surface area contributed by atoms with Crippen LogP contribution in [0.4, 0.5) is 36.4 Å². The zero-order valence-electron chi connectivity index (χ0n) is 13.2. The average molecular weight is 405 g/mol. The summed E-state index contributed by atoms with van der Waals surface area (Å²) in [6.45, 7) is 0. The van der Waals surface area contributed by atoms with Gasteiger partial charge in [0.25, 0.3) is 17.8 Å². The van der Waals surface area contributed by atoms with Gasteiger partial charge in [-0.05, 0) is 12.1 Å². The summed E-state index contributed by atoms with van der Waals surface area (Å²) >= 11 is 0. The maximum absolute atomic E-state index is 13.5. The van der Waals surface area contributed by atoms with Crippen LogP contribution in [0, 0.1) is 23.5 Å². The minimum Gasteiger partial charge on any atom is -0.350 e. The summed E-state index contributed by atoms with van der Waals surface area (Å²) in [7, 11) is 0. The van der Waals surface area contributed by atoms with Crippen molar-refractivity contribution in [2.24, 2.45) is 0 Å². The van der Waals surface area contributed by atoms with Crippen molar-refractivity contribution in [1.82, 2.24) is 10.1 Å². The number of rotatable bonds is 3. The Labute approximate surface area is 150 Å². The van der Waals surface area contributed by atoms with Crippen LogP contribution in [0.5, 0.6) is 0 Å². The molecule has 0 saturated carbocycles. The third-order valence-electron chi connectivity index (χ3n) is 3.46. The molecule has 28 heavy (non-hydrogen) atoms. The fourth-order valence-corrected chi connectivity index (χ4v) is 2.14. The smallest absolute Gasteiger partial charge is 0.350 e. The number of hydrogen-bond donors (Lipinski definition) is 1. The van der Waals surface area contributed by atoms with Crippen molar-refractivity contribution in [2.75, 3.05) is 5.32 Å². The molecule has 0 bridgehead atoms. The predicted octanol–water partition coefficient (Wildman–Crippen LogP) is 4.56. The molecule has 0 spiro atoms. The summed E-state index contributed by atoms with van der Waals surface area (Å²) in [6.07, 6.45) is -4.62. The Kier molecular flexibility index (Phi) is 4.79. The number of anilines is 1. The molecule has 0 aliphatic heterocycles. The number of amides is 1. The van der Waals surface area contributed by atoms with Crippen molar-refractivity contribution in [1.29, 1.82) is 0 Å². The molecule has 0 atom stereocenters. The predicted molar refractivity (Wildman–Crippen MR) is 79.0 cm³/mol. The number of hydrogen-bond acceptors (Lipinski definition) is 4. The van der Waals surface area contributed by atoms with E-state index in [0.29, 0.717) is 0 Å². The van der Waals surface area contributed by atoms with Gasteiger partial charge in [0.1, 0.15) is 11.4 Å². The lowest BCUT2D eigenvalue weighted by atomic mass is 10.1. The van der Waals surface area contributed by atoms with Crippen LogP contribution in [0.1, 0.15) is 16.1 Å². The van der Waals surface area contributed by atoms with E-state index in [1.807, 2.05) is 0 Å². The van der Waals surface area contributed by atoms with Crippen LogP contribution in [0.15, 0.2) is 34.9 Å². The van der Waals surface area contributed by atoms with Crippen LogP contribution in [-0.2, 0) is 6.18 Å². The van der Waals surface area contributed by atoms with Gasteiger partial charge in [-0.25, -0.2) is 0 Å². The van der Waals surface area contributed by atoms with Gasteiger partial charge in [-0.15, -0.1) is 0 Å². The zero-order chi connectivity index (χ0) is 20.6. The van der Waals surface area contributed by atoms with Crippen molar-refractivity contribution in [2.45, 2.75) is 6.18 Å². The second-order valence-electron chi connectivity index (χ2n) is 5.31. The molecule has 0 unspecified atom stereocenters. The zero-order valence-corrected chi connectivity index (χ0v) is 13.2. The molecule has 1 aromatic carbocycles. The molecule has 2 aromatic heterocycles. The molecule has 2 heterocycles. The molecule has 1 N–H and O–H groups in total. The number of nitrogens with zero attached hydrogens (tertiary/aromatic N) is 2. The van der Waals surface area contributed by atoms with E-state index in [1.165, 1.54) is 6.07 Å². The van der Waals surface area contributed by atoms with Crippen LogP contribution >= 0.6 is 0 Å². The van der Waals surface area contributed by atoms with Gasteiger partial charge in [0.15, 0.2) is 0 Å². The molecule has 0 fully saturated rings. The molecule has 0 aliphatic carbocycles. The summed E-state index contributed by atoms with van der Waals surface area (Å²) in [5.74, 6) is -9.92. The largest absolute Gasteiger partial charge is 0.416 e. The first-order valence-electron chi connectivity index (χ1n) is 7.23. The second-order valence-corrected chi connectivity index (χ2v) is 5.31. The molecule has 3 aromatic rings. The Bertz CT molecular complexity index is 1040. The Hall–Kier alpha value is -3.44. The minimum atomic E-state index is -4.62. The first kappa shape index (κ1) is 19.3. The molecule has 0 saturated heterocycles. The van der Waals surface area contributed by atoms with Gasteiger partial charge in [0.2, 0.25) is 17.4 Å². The Morgan fingerprint density at radius 2 is 1.64 bits per heavy atom. The number of carbonyl (C=O) groups is 1. The molecule has 146 valence electrons. The summed E-state index contributed by atoms with van der Waals surface area (Å²) < 4.78 is 96.1. The molecular weight excluding hydrogens is 399 g/mol. The Morgan fingerprint density at radius 1 is 1.00 bits per heavy atom. The Balaban J connectivity index is 1.89. The highest BCUT2D eigenvalue weighted by atomic mass is 19.4. The van der Waals surface area contributed by atoms with Gasteiger partial charge in [-0.1, -0.05) is 17.3 Å². The minimum absolute atomic E-state index is 0.0593. The van der Waals surface area contributed by atoms with Gasteiger partial charge in [-0.2, -0.15) is 35.7 Å². The highest BCUT2D eigenvalue weighted by Crippen LogP contribution is 2.32. The van der Waals surface area contributed by atoms with E-state index in [2.05, 4.69) is 14.7 Å². The molecule has 3 rings (SSSR count). The molecule has 0 aliphatic rings. The first-order valence-corrected chi connectivity index (χ1v) is 7.23. The van der Waals surface area contributed by atoms with Crippen LogP contribution in [-0.4, -0.2) is 16.0 Å². The molecule has 5 nitrogen and oxygen atoms in total. The summed E-state index contributed by atoms with van der Waals surface area (Å²) in [5.41, 5.74) is -2.68. The normalized spacial score (nSPS) is 11.5. The van der Waals surface area contributed by atoms with E-state index < -0.39 is 52.6 Å². The fraction of sp³-hybridized carbons (Fsp3) is 0.0625. The molecule has 12 heteroatoms. The topological polar surface area (TPSA) is 68.0 Å². The number of alkyl halides is 3. The van der Waals surface area contributed by atoms with Gasteiger partial charge >= 0.3 is 6.18 Å². The van der Waals surface area contributed by atoms with Crippen LogP contribution in [0.2, 0.25) is 0 Å². The third-order valence-corrected chi connectivity index (χ3v) is 3.46. The lowest BCUT2D eigenvalue weighted by molar-refractivity contribution is -0.137. The van der Waals surface area contributed by atoms with E-state index in [0.717, 1.165) is 24.3 Å². The summed E-state index contributed by atoms with van der Waals surface area (Å²) in [6, 6.07) is 4.79. The van der Waals surface area contributed by atoms with E-state index in [1.54, 1.807) is 5.32 Å². The van der Waals surface area contributed by atoms with Crippen LogP contribution in [0.3, 0.4) is 0 Å².